The highest BCUT2D eigenvalue weighted by atomic mass is 16.5. The lowest BCUT2D eigenvalue weighted by atomic mass is 9.99. The SMILES string of the molecule is CCOc1ccccc1C(N)Cc1cnccc1N. The van der Waals surface area contributed by atoms with Crippen molar-refractivity contribution in [2.75, 3.05) is 12.3 Å². The molecular weight excluding hydrogens is 238 g/mol. The summed E-state index contributed by atoms with van der Waals surface area (Å²) in [6.07, 6.45) is 4.08. The van der Waals surface area contributed by atoms with Gasteiger partial charge in [0, 0.05) is 29.7 Å². The predicted octanol–water partition coefficient (Wildman–Crippen LogP) is 2.30. The first-order valence-corrected chi connectivity index (χ1v) is 6.38. The van der Waals surface area contributed by atoms with Gasteiger partial charge in [0.15, 0.2) is 0 Å². The van der Waals surface area contributed by atoms with Crippen LogP contribution in [0.5, 0.6) is 5.75 Å². The average Bonchev–Trinajstić information content (AvgIpc) is 2.42. The average molecular weight is 257 g/mol. The van der Waals surface area contributed by atoms with Crippen LogP contribution < -0.4 is 16.2 Å². The molecule has 0 spiro atoms. The highest BCUT2D eigenvalue weighted by Crippen LogP contribution is 2.27. The van der Waals surface area contributed by atoms with E-state index in [1.165, 1.54) is 0 Å². The summed E-state index contributed by atoms with van der Waals surface area (Å²) >= 11 is 0. The molecule has 1 unspecified atom stereocenters. The molecule has 1 atom stereocenters. The summed E-state index contributed by atoms with van der Waals surface area (Å²) in [7, 11) is 0. The van der Waals surface area contributed by atoms with Gasteiger partial charge in [-0.05, 0) is 31.0 Å². The lowest BCUT2D eigenvalue weighted by Crippen LogP contribution is -2.15. The monoisotopic (exact) mass is 257 g/mol. The normalized spacial score (nSPS) is 12.1. The minimum Gasteiger partial charge on any atom is -0.494 e. The molecule has 1 aromatic carbocycles. The molecule has 1 aromatic heterocycles. The van der Waals surface area contributed by atoms with Crippen LogP contribution in [0.3, 0.4) is 0 Å². The van der Waals surface area contributed by atoms with Gasteiger partial charge in [0.25, 0.3) is 0 Å². The number of hydrogen-bond acceptors (Lipinski definition) is 4. The lowest BCUT2D eigenvalue weighted by molar-refractivity contribution is 0.334. The Morgan fingerprint density at radius 1 is 1.26 bits per heavy atom. The summed E-state index contributed by atoms with van der Waals surface area (Å²) in [6, 6.07) is 9.46. The van der Waals surface area contributed by atoms with Crippen molar-refractivity contribution >= 4 is 5.69 Å². The van der Waals surface area contributed by atoms with Gasteiger partial charge in [-0.15, -0.1) is 0 Å². The third-order valence-corrected chi connectivity index (χ3v) is 3.00. The Kier molecular flexibility index (Phi) is 4.36. The molecule has 0 aliphatic rings. The number of pyridine rings is 1. The van der Waals surface area contributed by atoms with E-state index in [0.29, 0.717) is 13.0 Å². The zero-order valence-corrected chi connectivity index (χ0v) is 11.0. The molecule has 0 aliphatic heterocycles. The summed E-state index contributed by atoms with van der Waals surface area (Å²) in [5.41, 5.74) is 14.9. The van der Waals surface area contributed by atoms with E-state index in [-0.39, 0.29) is 6.04 Å². The summed E-state index contributed by atoms with van der Waals surface area (Å²) < 4.78 is 5.60. The Labute approximate surface area is 113 Å². The van der Waals surface area contributed by atoms with Crippen LogP contribution in [0.2, 0.25) is 0 Å². The molecule has 0 bridgehead atoms. The highest BCUT2D eigenvalue weighted by molar-refractivity contribution is 5.46. The van der Waals surface area contributed by atoms with Gasteiger partial charge in [0.1, 0.15) is 5.75 Å². The zero-order chi connectivity index (χ0) is 13.7. The van der Waals surface area contributed by atoms with Crippen molar-refractivity contribution in [3.8, 4) is 5.75 Å². The standard InChI is InChI=1S/C15H19N3O/c1-2-19-15-6-4-3-5-12(15)14(17)9-11-10-18-8-7-13(11)16/h3-8,10,14H,2,9,17H2,1H3,(H2,16,18). The summed E-state index contributed by atoms with van der Waals surface area (Å²) in [5.74, 6) is 0.833. The number of ether oxygens (including phenoxy) is 1. The van der Waals surface area contributed by atoms with Crippen LogP contribution in [-0.4, -0.2) is 11.6 Å². The number of benzene rings is 1. The largest absolute Gasteiger partial charge is 0.494 e. The fourth-order valence-electron chi connectivity index (χ4n) is 2.03. The van der Waals surface area contributed by atoms with Crippen molar-refractivity contribution in [3.63, 3.8) is 0 Å². The van der Waals surface area contributed by atoms with Crippen molar-refractivity contribution in [3.05, 3.63) is 53.9 Å². The second kappa shape index (κ2) is 6.20. The Balaban J connectivity index is 2.20. The first-order valence-electron chi connectivity index (χ1n) is 6.38. The maximum atomic E-state index is 6.26. The fourth-order valence-corrected chi connectivity index (χ4v) is 2.03. The van der Waals surface area contributed by atoms with E-state index in [9.17, 15) is 0 Å². The summed E-state index contributed by atoms with van der Waals surface area (Å²) in [6.45, 7) is 2.58. The quantitative estimate of drug-likeness (QED) is 0.862. The van der Waals surface area contributed by atoms with Gasteiger partial charge in [-0.25, -0.2) is 0 Å². The molecular formula is C15H19N3O. The van der Waals surface area contributed by atoms with Gasteiger partial charge in [0.2, 0.25) is 0 Å². The van der Waals surface area contributed by atoms with Crippen LogP contribution in [-0.2, 0) is 6.42 Å². The molecule has 2 aromatic rings. The third-order valence-electron chi connectivity index (χ3n) is 3.00. The van der Waals surface area contributed by atoms with Crippen molar-refractivity contribution < 1.29 is 4.74 Å². The maximum absolute atomic E-state index is 6.26. The Morgan fingerprint density at radius 3 is 2.79 bits per heavy atom. The van der Waals surface area contributed by atoms with Crippen molar-refractivity contribution in [2.45, 2.75) is 19.4 Å². The second-order valence-electron chi connectivity index (χ2n) is 4.36. The zero-order valence-electron chi connectivity index (χ0n) is 11.0. The first-order chi connectivity index (χ1) is 9.22. The van der Waals surface area contributed by atoms with Crippen molar-refractivity contribution in [1.82, 2.24) is 4.98 Å². The van der Waals surface area contributed by atoms with Crippen molar-refractivity contribution in [1.29, 1.82) is 0 Å². The predicted molar refractivity (Wildman–Crippen MR) is 76.9 cm³/mol. The van der Waals surface area contributed by atoms with E-state index in [2.05, 4.69) is 4.98 Å². The topological polar surface area (TPSA) is 74.2 Å². The van der Waals surface area contributed by atoms with Crippen molar-refractivity contribution in [2.24, 2.45) is 5.73 Å². The summed E-state index contributed by atoms with van der Waals surface area (Å²) in [5, 5.41) is 0. The molecule has 1 heterocycles. The number of aromatic nitrogens is 1. The van der Waals surface area contributed by atoms with Gasteiger partial charge in [-0.2, -0.15) is 0 Å². The Morgan fingerprint density at radius 2 is 2.05 bits per heavy atom. The molecule has 4 N–H and O–H groups in total. The van der Waals surface area contributed by atoms with Gasteiger partial charge in [0.05, 0.1) is 6.61 Å². The number of anilines is 1. The molecule has 100 valence electrons. The lowest BCUT2D eigenvalue weighted by Gasteiger charge is -2.17. The van der Waals surface area contributed by atoms with Crippen LogP contribution in [0.25, 0.3) is 0 Å². The molecule has 19 heavy (non-hydrogen) atoms. The van der Waals surface area contributed by atoms with E-state index in [1.807, 2.05) is 31.2 Å². The number of nitrogen functional groups attached to an aromatic ring is 1. The molecule has 0 saturated carbocycles. The van der Waals surface area contributed by atoms with Gasteiger partial charge in [-0.1, -0.05) is 18.2 Å². The molecule has 4 heteroatoms. The van der Waals surface area contributed by atoms with E-state index in [4.69, 9.17) is 16.2 Å². The van der Waals surface area contributed by atoms with Crippen LogP contribution >= 0.6 is 0 Å². The first kappa shape index (κ1) is 13.4. The number of para-hydroxylation sites is 1. The van der Waals surface area contributed by atoms with E-state index in [1.54, 1.807) is 18.5 Å². The van der Waals surface area contributed by atoms with E-state index in [0.717, 1.165) is 22.6 Å². The highest BCUT2D eigenvalue weighted by Gasteiger charge is 2.13. The number of nitrogens with two attached hydrogens (primary N) is 2. The molecule has 0 aliphatic carbocycles. The second-order valence-corrected chi connectivity index (χ2v) is 4.36. The molecule has 0 saturated heterocycles. The maximum Gasteiger partial charge on any atom is 0.124 e. The Hall–Kier alpha value is -2.07. The van der Waals surface area contributed by atoms with E-state index >= 15 is 0 Å². The molecule has 4 nitrogen and oxygen atoms in total. The molecule has 0 amide bonds. The molecule has 2 rings (SSSR count). The third kappa shape index (κ3) is 3.23. The molecule has 0 radical (unpaired) electrons. The van der Waals surface area contributed by atoms with Gasteiger partial charge >= 0.3 is 0 Å². The summed E-state index contributed by atoms with van der Waals surface area (Å²) in [4.78, 5) is 4.08. The minimum absolute atomic E-state index is 0.158. The minimum atomic E-state index is -0.158. The smallest absolute Gasteiger partial charge is 0.124 e. The number of hydrogen-bond donors (Lipinski definition) is 2. The van der Waals surface area contributed by atoms with Gasteiger partial charge < -0.3 is 16.2 Å². The Bertz CT molecular complexity index is 542. The fraction of sp³-hybridized carbons (Fsp3) is 0.267. The number of nitrogens with zero attached hydrogens (tertiary/aromatic N) is 1. The van der Waals surface area contributed by atoms with Crippen LogP contribution in [0, 0.1) is 0 Å². The van der Waals surface area contributed by atoms with Crippen LogP contribution in [0.4, 0.5) is 5.69 Å². The van der Waals surface area contributed by atoms with Crippen LogP contribution in [0.1, 0.15) is 24.1 Å². The van der Waals surface area contributed by atoms with Crippen LogP contribution in [0.15, 0.2) is 42.7 Å². The number of rotatable bonds is 5. The van der Waals surface area contributed by atoms with E-state index < -0.39 is 0 Å². The van der Waals surface area contributed by atoms with Gasteiger partial charge in [-0.3, -0.25) is 4.98 Å². The molecule has 0 fully saturated rings.